The molecular weight excluding hydrogens is 336 g/mol. The number of likely N-dealkylation sites (tertiary alicyclic amines) is 1. The summed E-state index contributed by atoms with van der Waals surface area (Å²) >= 11 is 3.50. The van der Waals surface area contributed by atoms with Crippen molar-refractivity contribution in [2.75, 3.05) is 27.8 Å². The molecule has 1 unspecified atom stereocenters. The van der Waals surface area contributed by atoms with E-state index in [1.54, 1.807) is 19.1 Å². The number of nitrogens with zero attached hydrogens (tertiary/aromatic N) is 1. The molecule has 1 aromatic carbocycles. The van der Waals surface area contributed by atoms with Gasteiger partial charge >= 0.3 is 0 Å². The monoisotopic (exact) mass is 356 g/mol. The summed E-state index contributed by atoms with van der Waals surface area (Å²) in [6.45, 7) is 1.49. The molecule has 0 aliphatic carbocycles. The van der Waals surface area contributed by atoms with Crippen LogP contribution < -0.4 is 14.8 Å². The number of piperidine rings is 1. The Balaban J connectivity index is 2.00. The third-order valence-corrected chi connectivity index (χ3v) is 4.30. The van der Waals surface area contributed by atoms with Gasteiger partial charge in [-0.2, -0.15) is 0 Å². The van der Waals surface area contributed by atoms with E-state index in [1.165, 1.54) is 0 Å². The fourth-order valence-corrected chi connectivity index (χ4v) is 3.17. The molecule has 1 N–H and O–H groups in total. The van der Waals surface area contributed by atoms with E-state index in [1.807, 2.05) is 19.2 Å². The topological polar surface area (TPSA) is 50.8 Å². The highest BCUT2D eigenvalue weighted by Gasteiger charge is 2.22. The van der Waals surface area contributed by atoms with E-state index >= 15 is 0 Å². The maximum atomic E-state index is 11.5. The van der Waals surface area contributed by atoms with Crippen molar-refractivity contribution in [3.63, 3.8) is 0 Å². The van der Waals surface area contributed by atoms with Crippen molar-refractivity contribution in [2.45, 2.75) is 25.4 Å². The molecule has 0 radical (unpaired) electrons. The largest absolute Gasteiger partial charge is 0.493 e. The van der Waals surface area contributed by atoms with Crippen LogP contribution in [-0.2, 0) is 11.3 Å². The molecule has 1 saturated heterocycles. The van der Waals surface area contributed by atoms with Gasteiger partial charge in [0.2, 0.25) is 5.91 Å². The number of benzene rings is 1. The van der Waals surface area contributed by atoms with Crippen LogP contribution >= 0.6 is 15.9 Å². The fraction of sp³-hybridized carbons (Fsp3) is 0.533. The Morgan fingerprint density at radius 3 is 2.76 bits per heavy atom. The van der Waals surface area contributed by atoms with E-state index in [0.717, 1.165) is 29.5 Å². The number of hydrogen-bond donors (Lipinski definition) is 1. The zero-order valence-electron chi connectivity index (χ0n) is 12.6. The third kappa shape index (κ3) is 3.89. The maximum absolute atomic E-state index is 11.5. The standard InChI is InChI=1S/C15H21BrN2O3/c1-18-9-11(4-5-14(18)19)17-8-10-6-12(16)15(21-3)13(7-10)20-2/h6-7,11,17H,4-5,8-9H2,1-3H3. The molecule has 6 heteroatoms. The normalized spacial score (nSPS) is 18.8. The molecular formula is C15H21BrN2O3. The highest BCUT2D eigenvalue weighted by Crippen LogP contribution is 2.36. The average molecular weight is 357 g/mol. The van der Waals surface area contributed by atoms with Gasteiger partial charge in [-0.3, -0.25) is 4.79 Å². The number of nitrogens with one attached hydrogen (secondary N) is 1. The van der Waals surface area contributed by atoms with E-state index < -0.39 is 0 Å². The summed E-state index contributed by atoms with van der Waals surface area (Å²) in [5, 5.41) is 3.49. The summed E-state index contributed by atoms with van der Waals surface area (Å²) in [4.78, 5) is 13.3. The molecule has 21 heavy (non-hydrogen) atoms. The summed E-state index contributed by atoms with van der Waals surface area (Å²) in [5.41, 5.74) is 1.11. The third-order valence-electron chi connectivity index (χ3n) is 3.71. The van der Waals surface area contributed by atoms with Crippen LogP contribution in [0.25, 0.3) is 0 Å². The molecule has 0 bridgehead atoms. The van der Waals surface area contributed by atoms with Gasteiger partial charge in [-0.1, -0.05) is 0 Å². The highest BCUT2D eigenvalue weighted by atomic mass is 79.9. The zero-order chi connectivity index (χ0) is 15.4. The minimum atomic E-state index is 0.224. The minimum Gasteiger partial charge on any atom is -0.493 e. The van der Waals surface area contributed by atoms with Gasteiger partial charge in [0.1, 0.15) is 0 Å². The van der Waals surface area contributed by atoms with Crippen molar-refractivity contribution < 1.29 is 14.3 Å². The first-order valence-corrected chi connectivity index (χ1v) is 7.72. The van der Waals surface area contributed by atoms with Crippen LogP contribution in [0.15, 0.2) is 16.6 Å². The second kappa shape index (κ2) is 7.13. The lowest BCUT2D eigenvalue weighted by atomic mass is 10.1. The van der Waals surface area contributed by atoms with Crippen LogP contribution in [0.5, 0.6) is 11.5 Å². The smallest absolute Gasteiger partial charge is 0.222 e. The van der Waals surface area contributed by atoms with E-state index in [2.05, 4.69) is 21.2 Å². The number of amides is 1. The van der Waals surface area contributed by atoms with Crippen LogP contribution in [0.1, 0.15) is 18.4 Å². The molecule has 5 nitrogen and oxygen atoms in total. The van der Waals surface area contributed by atoms with Crippen LogP contribution in [0.3, 0.4) is 0 Å². The van der Waals surface area contributed by atoms with Gasteiger partial charge in [0.05, 0.1) is 18.7 Å². The molecule has 0 spiro atoms. The van der Waals surface area contributed by atoms with Crippen molar-refractivity contribution >= 4 is 21.8 Å². The lowest BCUT2D eigenvalue weighted by molar-refractivity contribution is -0.132. The summed E-state index contributed by atoms with van der Waals surface area (Å²) in [7, 11) is 5.10. The second-order valence-corrected chi connectivity index (χ2v) is 6.06. The zero-order valence-corrected chi connectivity index (χ0v) is 14.2. The summed E-state index contributed by atoms with van der Waals surface area (Å²) in [6.07, 6.45) is 1.50. The number of carbonyl (C=O) groups excluding carboxylic acids is 1. The molecule has 0 aromatic heterocycles. The van der Waals surface area contributed by atoms with E-state index in [-0.39, 0.29) is 5.91 Å². The Labute approximate surface area is 133 Å². The molecule has 1 aliphatic rings. The van der Waals surface area contributed by atoms with E-state index in [9.17, 15) is 4.79 Å². The Bertz CT molecular complexity index is 522. The number of hydrogen-bond acceptors (Lipinski definition) is 4. The Kier molecular flexibility index (Phi) is 5.47. The lowest BCUT2D eigenvalue weighted by Gasteiger charge is -2.30. The van der Waals surface area contributed by atoms with Crippen molar-refractivity contribution in [2.24, 2.45) is 0 Å². The molecule has 1 fully saturated rings. The Morgan fingerprint density at radius 1 is 1.38 bits per heavy atom. The lowest BCUT2D eigenvalue weighted by Crippen LogP contribution is -2.46. The molecule has 1 amide bonds. The Morgan fingerprint density at radius 2 is 2.14 bits per heavy atom. The van der Waals surface area contributed by atoms with Gasteiger partial charge in [0.15, 0.2) is 11.5 Å². The molecule has 1 aliphatic heterocycles. The first-order valence-electron chi connectivity index (χ1n) is 6.93. The number of carbonyl (C=O) groups is 1. The van der Waals surface area contributed by atoms with Crippen molar-refractivity contribution in [1.29, 1.82) is 0 Å². The highest BCUT2D eigenvalue weighted by molar-refractivity contribution is 9.10. The number of rotatable bonds is 5. The predicted molar refractivity (Wildman–Crippen MR) is 84.7 cm³/mol. The van der Waals surface area contributed by atoms with Crippen LogP contribution in [0.2, 0.25) is 0 Å². The summed E-state index contributed by atoms with van der Waals surface area (Å²) in [5.74, 6) is 1.63. The predicted octanol–water partition coefficient (Wildman–Crippen LogP) is 2.18. The molecule has 1 atom stereocenters. The number of methoxy groups -OCH3 is 2. The van der Waals surface area contributed by atoms with E-state index in [4.69, 9.17) is 9.47 Å². The Hall–Kier alpha value is -1.27. The molecule has 0 saturated carbocycles. The van der Waals surface area contributed by atoms with Gasteiger partial charge in [0, 0.05) is 32.6 Å². The van der Waals surface area contributed by atoms with Crippen molar-refractivity contribution in [3.8, 4) is 11.5 Å². The van der Waals surface area contributed by atoms with Gasteiger partial charge in [0.25, 0.3) is 0 Å². The van der Waals surface area contributed by atoms with Crippen LogP contribution in [-0.4, -0.2) is 44.7 Å². The van der Waals surface area contributed by atoms with Gasteiger partial charge in [-0.05, 0) is 40.0 Å². The molecule has 1 aromatic rings. The molecule has 1 heterocycles. The average Bonchev–Trinajstić information content (AvgIpc) is 2.47. The first-order chi connectivity index (χ1) is 10.0. The van der Waals surface area contributed by atoms with E-state index in [0.29, 0.717) is 24.0 Å². The van der Waals surface area contributed by atoms with Gasteiger partial charge < -0.3 is 19.7 Å². The maximum Gasteiger partial charge on any atom is 0.222 e. The number of likely N-dealkylation sites (N-methyl/N-ethyl adjacent to an activating group) is 1. The number of halogens is 1. The second-order valence-electron chi connectivity index (χ2n) is 5.20. The fourth-order valence-electron chi connectivity index (χ4n) is 2.51. The summed E-state index contributed by atoms with van der Waals surface area (Å²) in [6, 6.07) is 4.32. The summed E-state index contributed by atoms with van der Waals surface area (Å²) < 4.78 is 11.5. The van der Waals surface area contributed by atoms with Crippen molar-refractivity contribution in [3.05, 3.63) is 22.2 Å². The van der Waals surface area contributed by atoms with Gasteiger partial charge in [-0.25, -0.2) is 0 Å². The van der Waals surface area contributed by atoms with Crippen molar-refractivity contribution in [1.82, 2.24) is 10.2 Å². The molecule has 2 rings (SSSR count). The minimum absolute atomic E-state index is 0.224. The SMILES string of the molecule is COc1cc(CNC2CCC(=O)N(C)C2)cc(Br)c1OC. The first kappa shape index (κ1) is 16.1. The number of ether oxygens (including phenoxy) is 2. The quantitative estimate of drug-likeness (QED) is 0.878. The van der Waals surface area contributed by atoms with Crippen LogP contribution in [0.4, 0.5) is 0 Å². The van der Waals surface area contributed by atoms with Gasteiger partial charge in [-0.15, -0.1) is 0 Å². The molecule has 116 valence electrons. The van der Waals surface area contributed by atoms with Crippen LogP contribution in [0, 0.1) is 0 Å².